The van der Waals surface area contributed by atoms with E-state index in [1.54, 1.807) is 0 Å². The first-order valence-corrected chi connectivity index (χ1v) is 5.87. The van der Waals surface area contributed by atoms with E-state index in [4.69, 9.17) is 9.84 Å². The normalized spacial score (nSPS) is 26.8. The molecule has 1 aromatic rings. The fraction of sp³-hybridized carbons (Fsp3) is 0.636. The number of hydrogen-bond acceptors (Lipinski definition) is 3. The fourth-order valence-electron chi connectivity index (χ4n) is 2.90. The van der Waals surface area contributed by atoms with Crippen LogP contribution in [0, 0.1) is 5.92 Å². The molecule has 17 heavy (non-hydrogen) atoms. The molecule has 2 heterocycles. The molecule has 2 atom stereocenters. The summed E-state index contributed by atoms with van der Waals surface area (Å²) in [5.41, 5.74) is 0.555. The second-order valence-corrected chi connectivity index (χ2v) is 4.63. The largest absolute Gasteiger partial charge is 0.481 e. The van der Waals surface area contributed by atoms with E-state index in [0.29, 0.717) is 25.3 Å². The summed E-state index contributed by atoms with van der Waals surface area (Å²) in [5.74, 6) is -0.753. The van der Waals surface area contributed by atoms with Gasteiger partial charge in [-0.1, -0.05) is 6.42 Å². The SMILES string of the molecule is O=C(O)C1CCCC1n1c2c([nH]c1=O)CCO2. The Balaban J connectivity index is 2.04. The number of carbonyl (C=O) groups is 1. The number of nitrogens with one attached hydrogen (secondary N) is 1. The first-order valence-electron chi connectivity index (χ1n) is 5.87. The maximum absolute atomic E-state index is 11.8. The molecule has 0 amide bonds. The standard InChI is InChI=1S/C11H14N2O4/c14-10(15)6-2-1-3-8(6)13-9-7(4-5-17-9)12-11(13)16/h6,8H,1-5H2,(H,12,16)(H,14,15). The van der Waals surface area contributed by atoms with Crippen molar-refractivity contribution < 1.29 is 14.6 Å². The number of aliphatic carboxylic acids is 1. The Morgan fingerprint density at radius 3 is 3.06 bits per heavy atom. The Labute approximate surface area is 97.2 Å². The van der Waals surface area contributed by atoms with Gasteiger partial charge in [0.1, 0.15) is 0 Å². The summed E-state index contributed by atoms with van der Waals surface area (Å²) in [6.45, 7) is 0.561. The van der Waals surface area contributed by atoms with Crippen LogP contribution in [-0.4, -0.2) is 27.2 Å². The van der Waals surface area contributed by atoms with Crippen LogP contribution in [0.3, 0.4) is 0 Å². The number of hydrogen-bond donors (Lipinski definition) is 2. The van der Waals surface area contributed by atoms with Gasteiger partial charge < -0.3 is 14.8 Å². The summed E-state index contributed by atoms with van der Waals surface area (Å²) in [6.07, 6.45) is 2.90. The van der Waals surface area contributed by atoms with Crippen LogP contribution in [-0.2, 0) is 11.2 Å². The Hall–Kier alpha value is -1.72. The Bertz CT molecular complexity index is 516. The van der Waals surface area contributed by atoms with Crippen molar-refractivity contribution in [3.8, 4) is 5.88 Å². The molecule has 1 saturated carbocycles. The number of H-pyrrole nitrogens is 1. The highest BCUT2D eigenvalue weighted by atomic mass is 16.5. The van der Waals surface area contributed by atoms with E-state index in [9.17, 15) is 9.59 Å². The number of imidazole rings is 1. The summed E-state index contributed by atoms with van der Waals surface area (Å²) in [6, 6.07) is -0.266. The topological polar surface area (TPSA) is 84.3 Å². The smallest absolute Gasteiger partial charge is 0.328 e. The summed E-state index contributed by atoms with van der Waals surface area (Å²) in [5, 5.41) is 9.16. The minimum Gasteiger partial charge on any atom is -0.481 e. The zero-order valence-corrected chi connectivity index (χ0v) is 9.31. The van der Waals surface area contributed by atoms with Gasteiger partial charge in [-0.3, -0.25) is 9.36 Å². The van der Waals surface area contributed by atoms with Crippen LogP contribution in [0.25, 0.3) is 0 Å². The Morgan fingerprint density at radius 2 is 2.29 bits per heavy atom. The lowest BCUT2D eigenvalue weighted by Gasteiger charge is -2.18. The quantitative estimate of drug-likeness (QED) is 0.787. The first-order chi connectivity index (χ1) is 8.18. The first kappa shape index (κ1) is 10.4. The van der Waals surface area contributed by atoms with E-state index in [-0.39, 0.29) is 11.7 Å². The number of aromatic amines is 1. The third-order valence-corrected chi connectivity index (χ3v) is 3.67. The summed E-state index contributed by atoms with van der Waals surface area (Å²) < 4.78 is 6.94. The molecular weight excluding hydrogens is 224 g/mol. The van der Waals surface area contributed by atoms with Gasteiger partial charge in [0.05, 0.1) is 24.3 Å². The molecule has 1 fully saturated rings. The lowest BCUT2D eigenvalue weighted by atomic mass is 10.0. The fourth-order valence-corrected chi connectivity index (χ4v) is 2.90. The van der Waals surface area contributed by atoms with Gasteiger partial charge in [0.2, 0.25) is 5.88 Å². The van der Waals surface area contributed by atoms with Crippen molar-refractivity contribution in [2.75, 3.05) is 6.61 Å². The molecule has 6 heteroatoms. The summed E-state index contributed by atoms with van der Waals surface area (Å²) in [7, 11) is 0. The van der Waals surface area contributed by atoms with Gasteiger partial charge in [0, 0.05) is 6.42 Å². The number of fused-ring (bicyclic) bond motifs is 1. The van der Waals surface area contributed by atoms with Gasteiger partial charge in [-0.05, 0) is 12.8 Å². The molecule has 1 aliphatic heterocycles. The van der Waals surface area contributed by atoms with Crippen molar-refractivity contribution in [1.82, 2.24) is 9.55 Å². The minimum atomic E-state index is -0.827. The van der Waals surface area contributed by atoms with Crippen molar-refractivity contribution in [1.29, 1.82) is 0 Å². The second-order valence-electron chi connectivity index (χ2n) is 4.63. The van der Waals surface area contributed by atoms with Gasteiger partial charge in [-0.15, -0.1) is 0 Å². The van der Waals surface area contributed by atoms with Crippen molar-refractivity contribution in [3.05, 3.63) is 16.2 Å². The molecule has 2 unspecified atom stereocenters. The molecule has 3 rings (SSSR count). The predicted octanol–water partition coefficient (Wildman–Crippen LogP) is 0.537. The number of carboxylic acid groups (broad SMARTS) is 1. The van der Waals surface area contributed by atoms with Crippen LogP contribution in [0.5, 0.6) is 5.88 Å². The van der Waals surface area contributed by atoms with E-state index < -0.39 is 11.9 Å². The molecule has 0 spiro atoms. The summed E-state index contributed by atoms with van der Waals surface area (Å²) >= 11 is 0. The lowest BCUT2D eigenvalue weighted by molar-refractivity contribution is -0.142. The molecule has 2 N–H and O–H groups in total. The zero-order valence-electron chi connectivity index (χ0n) is 9.31. The average molecular weight is 238 g/mol. The van der Waals surface area contributed by atoms with Gasteiger partial charge in [-0.25, -0.2) is 4.79 Å². The van der Waals surface area contributed by atoms with Crippen molar-refractivity contribution in [3.63, 3.8) is 0 Å². The molecule has 92 valence electrons. The third kappa shape index (κ3) is 1.47. The van der Waals surface area contributed by atoms with Crippen molar-refractivity contribution in [2.45, 2.75) is 31.7 Å². The maximum Gasteiger partial charge on any atom is 0.328 e. The molecule has 1 aromatic heterocycles. The van der Waals surface area contributed by atoms with Gasteiger partial charge in [0.15, 0.2) is 0 Å². The van der Waals surface area contributed by atoms with Crippen molar-refractivity contribution in [2.24, 2.45) is 5.92 Å². The molecule has 0 saturated heterocycles. The number of aromatic nitrogens is 2. The number of nitrogens with zero attached hydrogens (tertiary/aromatic N) is 1. The second kappa shape index (κ2) is 3.65. The molecule has 2 aliphatic rings. The van der Waals surface area contributed by atoms with Gasteiger partial charge in [-0.2, -0.15) is 0 Å². The zero-order chi connectivity index (χ0) is 12.0. The minimum absolute atomic E-state index is 0.243. The lowest BCUT2D eigenvalue weighted by Crippen LogP contribution is -2.29. The van der Waals surface area contributed by atoms with E-state index in [0.717, 1.165) is 18.5 Å². The van der Waals surface area contributed by atoms with E-state index in [2.05, 4.69) is 4.98 Å². The van der Waals surface area contributed by atoms with Crippen LogP contribution < -0.4 is 10.4 Å². The van der Waals surface area contributed by atoms with Gasteiger partial charge in [0.25, 0.3) is 0 Å². The third-order valence-electron chi connectivity index (χ3n) is 3.67. The number of carboxylic acids is 1. The van der Waals surface area contributed by atoms with Crippen LogP contribution in [0.15, 0.2) is 4.79 Å². The van der Waals surface area contributed by atoms with Crippen LogP contribution in [0.4, 0.5) is 0 Å². The highest BCUT2D eigenvalue weighted by Crippen LogP contribution is 2.38. The van der Waals surface area contributed by atoms with Crippen LogP contribution in [0.1, 0.15) is 31.0 Å². The molecule has 1 aliphatic carbocycles. The van der Waals surface area contributed by atoms with Crippen LogP contribution in [0.2, 0.25) is 0 Å². The number of ether oxygens (including phenoxy) is 1. The summed E-state index contributed by atoms with van der Waals surface area (Å²) in [4.78, 5) is 25.7. The Morgan fingerprint density at radius 1 is 1.47 bits per heavy atom. The highest BCUT2D eigenvalue weighted by Gasteiger charge is 2.38. The monoisotopic (exact) mass is 238 g/mol. The molecule has 0 bridgehead atoms. The molecule has 6 nitrogen and oxygen atoms in total. The highest BCUT2D eigenvalue weighted by molar-refractivity contribution is 5.71. The van der Waals surface area contributed by atoms with Gasteiger partial charge >= 0.3 is 11.7 Å². The average Bonchev–Trinajstić information content (AvgIpc) is 2.91. The molecule has 0 aromatic carbocycles. The Kier molecular flexibility index (Phi) is 2.24. The van der Waals surface area contributed by atoms with Crippen LogP contribution >= 0.6 is 0 Å². The molecule has 0 radical (unpaired) electrons. The number of rotatable bonds is 2. The van der Waals surface area contributed by atoms with E-state index in [1.807, 2.05) is 0 Å². The van der Waals surface area contributed by atoms with E-state index >= 15 is 0 Å². The van der Waals surface area contributed by atoms with E-state index in [1.165, 1.54) is 4.57 Å². The predicted molar refractivity (Wildman–Crippen MR) is 58.3 cm³/mol. The van der Waals surface area contributed by atoms with Crippen molar-refractivity contribution >= 4 is 5.97 Å². The maximum atomic E-state index is 11.8. The molecular formula is C11H14N2O4.